The van der Waals surface area contributed by atoms with Gasteiger partial charge < -0.3 is 16.4 Å². The number of imidazole rings is 1. The third kappa shape index (κ3) is 3.79. The van der Waals surface area contributed by atoms with E-state index >= 15 is 0 Å². The number of aromatic nitrogens is 4. The van der Waals surface area contributed by atoms with Gasteiger partial charge in [0.2, 0.25) is 5.95 Å². The van der Waals surface area contributed by atoms with Crippen molar-refractivity contribution in [2.45, 2.75) is 13.0 Å². The molecule has 0 amide bonds. The van der Waals surface area contributed by atoms with E-state index in [-0.39, 0.29) is 6.04 Å². The first kappa shape index (κ1) is 17.9. The van der Waals surface area contributed by atoms with Gasteiger partial charge in [-0.3, -0.25) is 4.57 Å². The molecule has 0 aliphatic rings. The number of anilines is 2. The molecule has 1 unspecified atom stereocenters. The van der Waals surface area contributed by atoms with Crippen molar-refractivity contribution in [1.82, 2.24) is 19.5 Å². The Morgan fingerprint density at radius 3 is 2.75 bits per heavy atom. The average Bonchev–Trinajstić information content (AvgIpc) is 3.16. The zero-order valence-electron chi connectivity index (χ0n) is 15.7. The van der Waals surface area contributed by atoms with Crippen LogP contribution in [-0.4, -0.2) is 32.6 Å². The van der Waals surface area contributed by atoms with Gasteiger partial charge in [-0.25, -0.2) is 9.97 Å². The molecule has 0 saturated carbocycles. The molecule has 4 N–H and O–H groups in total. The lowest BCUT2D eigenvalue weighted by Gasteiger charge is -2.14. The molecule has 0 spiro atoms. The second-order valence-corrected chi connectivity index (χ2v) is 6.55. The number of hydrogen-bond acceptors (Lipinski definition) is 6. The minimum atomic E-state index is 0.104. The van der Waals surface area contributed by atoms with Crippen molar-refractivity contribution in [3.05, 3.63) is 72.7 Å². The molecule has 0 aliphatic heterocycles. The lowest BCUT2D eigenvalue weighted by molar-refractivity contribution is 0.854. The Morgan fingerprint density at radius 1 is 1.07 bits per heavy atom. The molecule has 0 fully saturated rings. The summed E-state index contributed by atoms with van der Waals surface area (Å²) in [4.78, 5) is 13.5. The summed E-state index contributed by atoms with van der Waals surface area (Å²) in [6.07, 6.45) is 3.54. The van der Waals surface area contributed by atoms with Gasteiger partial charge in [-0.15, -0.1) is 0 Å². The van der Waals surface area contributed by atoms with Crippen molar-refractivity contribution in [2.24, 2.45) is 5.73 Å². The van der Waals surface area contributed by atoms with Crippen LogP contribution in [0.15, 0.2) is 67.1 Å². The van der Waals surface area contributed by atoms with Crippen molar-refractivity contribution in [1.29, 1.82) is 0 Å². The Kier molecular flexibility index (Phi) is 5.16. The molecule has 7 heteroatoms. The van der Waals surface area contributed by atoms with Gasteiger partial charge in [0.25, 0.3) is 0 Å². The molecule has 1 atom stereocenters. The second-order valence-electron chi connectivity index (χ2n) is 6.55. The molecule has 2 aromatic carbocycles. The second kappa shape index (κ2) is 8.06. The van der Waals surface area contributed by atoms with Gasteiger partial charge >= 0.3 is 0 Å². The molecule has 4 rings (SSSR count). The van der Waals surface area contributed by atoms with Gasteiger partial charge in [-0.1, -0.05) is 30.3 Å². The molecular formula is C21H23N7. The lowest BCUT2D eigenvalue weighted by atomic mass is 10.1. The lowest BCUT2D eigenvalue weighted by Crippen LogP contribution is -2.12. The van der Waals surface area contributed by atoms with Crippen molar-refractivity contribution < 1.29 is 0 Å². The molecule has 142 valence electrons. The Balaban J connectivity index is 1.59. The molecule has 2 heterocycles. The summed E-state index contributed by atoms with van der Waals surface area (Å²) >= 11 is 0. The highest BCUT2D eigenvalue weighted by atomic mass is 15.2. The number of nitrogens with two attached hydrogens (primary N) is 1. The molecular weight excluding hydrogens is 350 g/mol. The van der Waals surface area contributed by atoms with Crippen LogP contribution >= 0.6 is 0 Å². The third-order valence-corrected chi connectivity index (χ3v) is 4.55. The molecule has 0 saturated heterocycles. The number of hydrogen-bond donors (Lipinski definition) is 3. The Bertz CT molecular complexity index is 1060. The first-order valence-electron chi connectivity index (χ1n) is 9.30. The smallest absolute Gasteiger partial charge is 0.225 e. The van der Waals surface area contributed by atoms with E-state index in [9.17, 15) is 0 Å². The highest BCUT2D eigenvalue weighted by molar-refractivity contribution is 5.81. The summed E-state index contributed by atoms with van der Waals surface area (Å²) in [5.41, 5.74) is 9.62. The van der Waals surface area contributed by atoms with Crippen LogP contribution < -0.4 is 16.4 Å². The van der Waals surface area contributed by atoms with Gasteiger partial charge in [0.05, 0.1) is 17.1 Å². The van der Waals surface area contributed by atoms with E-state index in [2.05, 4.69) is 44.6 Å². The fourth-order valence-electron chi connectivity index (χ4n) is 3.09. The molecule has 7 nitrogen and oxygen atoms in total. The van der Waals surface area contributed by atoms with E-state index in [0.29, 0.717) is 12.5 Å². The highest BCUT2D eigenvalue weighted by Gasteiger charge is 2.10. The van der Waals surface area contributed by atoms with E-state index in [1.165, 1.54) is 5.56 Å². The zero-order valence-corrected chi connectivity index (χ0v) is 15.7. The maximum Gasteiger partial charge on any atom is 0.225 e. The van der Waals surface area contributed by atoms with Gasteiger partial charge in [0, 0.05) is 25.0 Å². The predicted octanol–water partition coefficient (Wildman–Crippen LogP) is 3.36. The maximum atomic E-state index is 5.55. The fraction of sp³-hybridized carbons (Fsp3) is 0.190. The third-order valence-electron chi connectivity index (χ3n) is 4.55. The predicted molar refractivity (Wildman–Crippen MR) is 113 cm³/mol. The number of benzene rings is 2. The average molecular weight is 373 g/mol. The van der Waals surface area contributed by atoms with Crippen molar-refractivity contribution in [2.75, 3.05) is 23.7 Å². The van der Waals surface area contributed by atoms with E-state index < -0.39 is 0 Å². The fourth-order valence-corrected chi connectivity index (χ4v) is 3.09. The van der Waals surface area contributed by atoms with Crippen LogP contribution in [-0.2, 0) is 0 Å². The minimum absolute atomic E-state index is 0.104. The first-order valence-corrected chi connectivity index (χ1v) is 9.30. The maximum absolute atomic E-state index is 5.55. The van der Waals surface area contributed by atoms with Crippen molar-refractivity contribution >= 4 is 22.7 Å². The van der Waals surface area contributed by atoms with Gasteiger partial charge in [-0.2, -0.15) is 4.98 Å². The number of nitrogens with one attached hydrogen (secondary N) is 2. The van der Waals surface area contributed by atoms with E-state index in [1.807, 2.05) is 47.0 Å². The molecule has 0 bridgehead atoms. The van der Waals surface area contributed by atoms with Crippen LogP contribution in [0.3, 0.4) is 0 Å². The molecule has 0 radical (unpaired) electrons. The minimum Gasteiger partial charge on any atom is -0.384 e. The molecule has 2 aromatic heterocycles. The van der Waals surface area contributed by atoms with Crippen LogP contribution in [0.25, 0.3) is 16.9 Å². The number of fused-ring (bicyclic) bond motifs is 1. The van der Waals surface area contributed by atoms with Crippen molar-refractivity contribution in [3.8, 4) is 5.82 Å². The molecule has 28 heavy (non-hydrogen) atoms. The van der Waals surface area contributed by atoms with Crippen LogP contribution in [0.5, 0.6) is 0 Å². The summed E-state index contributed by atoms with van der Waals surface area (Å²) in [5, 5.41) is 6.63. The Morgan fingerprint density at radius 2 is 1.93 bits per heavy atom. The van der Waals surface area contributed by atoms with Gasteiger partial charge in [0.1, 0.15) is 12.1 Å². The standard InChI is InChI=1S/C21H23N7/c1-15(16-5-3-2-4-6-16)26-21-24-11-9-20(27-21)28-14-25-18-13-17(23-12-10-22)7-8-19(18)28/h2-9,11,13-15,23H,10,12,22H2,1H3,(H,24,26,27). The highest BCUT2D eigenvalue weighted by Crippen LogP contribution is 2.22. The molecule has 4 aromatic rings. The first-order chi connectivity index (χ1) is 13.7. The van der Waals surface area contributed by atoms with Crippen molar-refractivity contribution in [3.63, 3.8) is 0 Å². The van der Waals surface area contributed by atoms with E-state index in [1.54, 1.807) is 12.5 Å². The summed E-state index contributed by atoms with van der Waals surface area (Å²) < 4.78 is 1.96. The van der Waals surface area contributed by atoms with E-state index in [4.69, 9.17) is 5.73 Å². The Labute approximate surface area is 163 Å². The van der Waals surface area contributed by atoms with E-state index in [0.717, 1.165) is 29.1 Å². The monoisotopic (exact) mass is 373 g/mol. The number of rotatable bonds is 7. The Hall–Kier alpha value is -3.45. The summed E-state index contributed by atoms with van der Waals surface area (Å²) in [6.45, 7) is 3.41. The quantitative estimate of drug-likeness (QED) is 0.460. The summed E-state index contributed by atoms with van der Waals surface area (Å²) in [5.74, 6) is 1.35. The largest absolute Gasteiger partial charge is 0.384 e. The normalized spacial score (nSPS) is 12.1. The number of nitrogens with zero attached hydrogens (tertiary/aromatic N) is 4. The van der Waals surface area contributed by atoms with Crippen LogP contribution in [0.4, 0.5) is 11.6 Å². The zero-order chi connectivity index (χ0) is 19.3. The van der Waals surface area contributed by atoms with Crippen LogP contribution in [0.1, 0.15) is 18.5 Å². The van der Waals surface area contributed by atoms with Crippen LogP contribution in [0, 0.1) is 0 Å². The van der Waals surface area contributed by atoms with Crippen LogP contribution in [0.2, 0.25) is 0 Å². The van der Waals surface area contributed by atoms with Gasteiger partial charge in [0.15, 0.2) is 0 Å². The summed E-state index contributed by atoms with van der Waals surface area (Å²) in [6, 6.07) is 18.3. The molecule has 0 aliphatic carbocycles. The van der Waals surface area contributed by atoms with Gasteiger partial charge in [-0.05, 0) is 36.8 Å². The SMILES string of the molecule is CC(Nc1nccc(-n2cnc3cc(NCCN)ccc32)n1)c1ccccc1. The summed E-state index contributed by atoms with van der Waals surface area (Å²) in [7, 11) is 0. The topological polar surface area (TPSA) is 93.7 Å².